The van der Waals surface area contributed by atoms with E-state index in [4.69, 9.17) is 9.47 Å². The summed E-state index contributed by atoms with van der Waals surface area (Å²) in [4.78, 5) is -0.0520. The molecule has 1 saturated heterocycles. The molecule has 0 amide bonds. The average molecular weight is 363 g/mol. The molecular formula is C18H18FNO4S. The number of hydrogen-bond acceptors (Lipinski definition) is 5. The Labute approximate surface area is 145 Å². The maximum absolute atomic E-state index is 13.7. The fourth-order valence-corrected chi connectivity index (χ4v) is 4.87. The standard InChI is InChI=1S/C18H18FNO4S/c1-23-12-6-11(19)7-14(8-12)25(21,22)13-2-3-16-15-4-5-20-17(15)10-24-18(16)9-13/h2-3,6-9,15,17,20H,4-5,10H2,1H3. The lowest BCUT2D eigenvalue weighted by atomic mass is 9.90. The molecule has 5 nitrogen and oxygen atoms in total. The Morgan fingerprint density at radius 1 is 1.20 bits per heavy atom. The lowest BCUT2D eigenvalue weighted by Gasteiger charge is -2.28. The van der Waals surface area contributed by atoms with Gasteiger partial charge in [-0.3, -0.25) is 0 Å². The highest BCUT2D eigenvalue weighted by Gasteiger charge is 2.35. The molecule has 132 valence electrons. The van der Waals surface area contributed by atoms with E-state index in [0.717, 1.165) is 30.7 Å². The van der Waals surface area contributed by atoms with Gasteiger partial charge >= 0.3 is 0 Å². The highest BCUT2D eigenvalue weighted by atomic mass is 32.2. The minimum absolute atomic E-state index is 0.0864. The fourth-order valence-electron chi connectivity index (χ4n) is 3.55. The van der Waals surface area contributed by atoms with E-state index >= 15 is 0 Å². The summed E-state index contributed by atoms with van der Waals surface area (Å²) >= 11 is 0. The third-order valence-corrected chi connectivity index (χ3v) is 6.58. The third-order valence-electron chi connectivity index (χ3n) is 4.85. The highest BCUT2D eigenvalue weighted by Crippen LogP contribution is 2.40. The molecule has 0 aliphatic carbocycles. The molecule has 7 heteroatoms. The second kappa shape index (κ2) is 6.00. The molecule has 4 rings (SSSR count). The van der Waals surface area contributed by atoms with E-state index in [0.29, 0.717) is 18.3 Å². The van der Waals surface area contributed by atoms with Crippen LogP contribution in [-0.4, -0.2) is 34.7 Å². The van der Waals surface area contributed by atoms with Crippen molar-refractivity contribution in [1.82, 2.24) is 5.32 Å². The largest absolute Gasteiger partial charge is 0.497 e. The number of fused-ring (bicyclic) bond motifs is 3. The van der Waals surface area contributed by atoms with E-state index in [1.165, 1.54) is 19.2 Å². The number of nitrogens with one attached hydrogen (secondary N) is 1. The van der Waals surface area contributed by atoms with Gasteiger partial charge in [-0.2, -0.15) is 0 Å². The van der Waals surface area contributed by atoms with Crippen LogP contribution in [0.2, 0.25) is 0 Å². The first-order chi connectivity index (χ1) is 12.0. The number of benzene rings is 2. The van der Waals surface area contributed by atoms with E-state index in [1.54, 1.807) is 6.07 Å². The Morgan fingerprint density at radius 2 is 2.04 bits per heavy atom. The normalized spacial score (nSPS) is 22.0. The number of sulfone groups is 1. The molecular weight excluding hydrogens is 345 g/mol. The first-order valence-electron chi connectivity index (χ1n) is 8.09. The fraction of sp³-hybridized carbons (Fsp3) is 0.333. The number of rotatable bonds is 3. The van der Waals surface area contributed by atoms with Gasteiger partial charge in [-0.1, -0.05) is 6.07 Å². The monoisotopic (exact) mass is 363 g/mol. The Bertz CT molecular complexity index is 929. The molecule has 1 fully saturated rings. The van der Waals surface area contributed by atoms with Crippen molar-refractivity contribution in [3.05, 3.63) is 47.8 Å². The van der Waals surface area contributed by atoms with Gasteiger partial charge in [0.05, 0.1) is 16.9 Å². The van der Waals surface area contributed by atoms with Crippen LogP contribution in [0.4, 0.5) is 4.39 Å². The molecule has 0 spiro atoms. The van der Waals surface area contributed by atoms with Crippen LogP contribution in [0.5, 0.6) is 11.5 Å². The topological polar surface area (TPSA) is 64.6 Å². The quantitative estimate of drug-likeness (QED) is 0.908. The van der Waals surface area contributed by atoms with Gasteiger partial charge in [0.15, 0.2) is 0 Å². The first kappa shape index (κ1) is 16.4. The summed E-state index contributed by atoms with van der Waals surface area (Å²) in [7, 11) is -2.50. The van der Waals surface area contributed by atoms with Gasteiger partial charge in [0, 0.05) is 18.0 Å². The maximum atomic E-state index is 13.7. The minimum Gasteiger partial charge on any atom is -0.497 e. The van der Waals surface area contributed by atoms with Gasteiger partial charge in [-0.05, 0) is 42.8 Å². The predicted molar refractivity (Wildman–Crippen MR) is 89.5 cm³/mol. The summed E-state index contributed by atoms with van der Waals surface area (Å²) in [5.41, 5.74) is 1.03. The van der Waals surface area contributed by atoms with Crippen molar-refractivity contribution >= 4 is 9.84 Å². The number of ether oxygens (including phenoxy) is 2. The van der Waals surface area contributed by atoms with E-state index in [1.807, 2.05) is 6.07 Å². The third kappa shape index (κ3) is 2.77. The van der Waals surface area contributed by atoms with Gasteiger partial charge in [-0.25, -0.2) is 12.8 Å². The van der Waals surface area contributed by atoms with Crippen molar-refractivity contribution in [2.24, 2.45) is 0 Å². The Hall–Kier alpha value is -2.12. The molecule has 2 aliphatic heterocycles. The summed E-state index contributed by atoms with van der Waals surface area (Å²) < 4.78 is 50.2. The maximum Gasteiger partial charge on any atom is 0.206 e. The zero-order chi connectivity index (χ0) is 17.6. The molecule has 2 aliphatic rings. The lowest BCUT2D eigenvalue weighted by Crippen LogP contribution is -2.35. The van der Waals surface area contributed by atoms with Gasteiger partial charge < -0.3 is 14.8 Å². The minimum atomic E-state index is -3.87. The Balaban J connectivity index is 1.76. The summed E-state index contributed by atoms with van der Waals surface area (Å²) in [5, 5.41) is 3.39. The summed E-state index contributed by atoms with van der Waals surface area (Å²) in [6, 6.07) is 8.64. The molecule has 25 heavy (non-hydrogen) atoms. The van der Waals surface area contributed by atoms with Crippen LogP contribution < -0.4 is 14.8 Å². The average Bonchev–Trinajstić information content (AvgIpc) is 3.09. The van der Waals surface area contributed by atoms with Crippen LogP contribution in [-0.2, 0) is 9.84 Å². The predicted octanol–water partition coefficient (Wildman–Crippen LogP) is 2.51. The molecule has 1 N–H and O–H groups in total. The summed E-state index contributed by atoms with van der Waals surface area (Å²) in [5.74, 6) is 0.434. The van der Waals surface area contributed by atoms with Crippen LogP contribution in [0.15, 0.2) is 46.2 Å². The molecule has 2 aromatic carbocycles. The van der Waals surface area contributed by atoms with Crippen molar-refractivity contribution < 1.29 is 22.3 Å². The van der Waals surface area contributed by atoms with Crippen molar-refractivity contribution in [3.63, 3.8) is 0 Å². The van der Waals surface area contributed by atoms with Crippen LogP contribution in [0.1, 0.15) is 17.9 Å². The van der Waals surface area contributed by atoms with Crippen molar-refractivity contribution in [3.8, 4) is 11.5 Å². The number of methoxy groups -OCH3 is 1. The van der Waals surface area contributed by atoms with E-state index in [-0.39, 0.29) is 21.6 Å². The molecule has 0 bridgehead atoms. The van der Waals surface area contributed by atoms with E-state index in [2.05, 4.69) is 5.32 Å². The van der Waals surface area contributed by atoms with Crippen LogP contribution in [0.25, 0.3) is 0 Å². The zero-order valence-electron chi connectivity index (χ0n) is 13.7. The van der Waals surface area contributed by atoms with Crippen molar-refractivity contribution in [1.29, 1.82) is 0 Å². The summed E-state index contributed by atoms with van der Waals surface area (Å²) in [6.07, 6.45) is 1.01. The number of halogens is 1. The second-order valence-corrected chi connectivity index (χ2v) is 8.25. The Kier molecular flexibility index (Phi) is 3.92. The van der Waals surface area contributed by atoms with Crippen molar-refractivity contribution in [2.75, 3.05) is 20.3 Å². The molecule has 2 heterocycles. The Morgan fingerprint density at radius 3 is 2.84 bits per heavy atom. The van der Waals surface area contributed by atoms with Crippen LogP contribution >= 0.6 is 0 Å². The lowest BCUT2D eigenvalue weighted by molar-refractivity contribution is 0.238. The first-order valence-corrected chi connectivity index (χ1v) is 9.57. The van der Waals surface area contributed by atoms with E-state index in [9.17, 15) is 12.8 Å². The molecule has 0 saturated carbocycles. The SMILES string of the molecule is COc1cc(F)cc(S(=O)(=O)c2ccc3c(c2)OCC2NCCC32)c1. The molecule has 2 unspecified atom stereocenters. The summed E-state index contributed by atoms with van der Waals surface area (Å²) in [6.45, 7) is 1.45. The molecule has 0 aromatic heterocycles. The zero-order valence-corrected chi connectivity index (χ0v) is 14.5. The second-order valence-electron chi connectivity index (χ2n) is 6.30. The van der Waals surface area contributed by atoms with Crippen LogP contribution in [0.3, 0.4) is 0 Å². The van der Waals surface area contributed by atoms with Crippen LogP contribution in [0, 0.1) is 5.82 Å². The van der Waals surface area contributed by atoms with Gasteiger partial charge in [0.25, 0.3) is 0 Å². The van der Waals surface area contributed by atoms with Crippen molar-refractivity contribution in [2.45, 2.75) is 28.2 Å². The van der Waals surface area contributed by atoms with E-state index < -0.39 is 15.7 Å². The smallest absolute Gasteiger partial charge is 0.206 e. The molecule has 2 atom stereocenters. The van der Waals surface area contributed by atoms with Gasteiger partial charge in [-0.15, -0.1) is 0 Å². The van der Waals surface area contributed by atoms with Gasteiger partial charge in [0.1, 0.15) is 23.9 Å². The molecule has 0 radical (unpaired) electrons. The van der Waals surface area contributed by atoms with Gasteiger partial charge in [0.2, 0.25) is 9.84 Å². The highest BCUT2D eigenvalue weighted by molar-refractivity contribution is 7.91. The molecule has 2 aromatic rings. The number of hydrogen-bond donors (Lipinski definition) is 1.